The van der Waals surface area contributed by atoms with Crippen LogP contribution in [0.5, 0.6) is 0 Å². The molecule has 0 aliphatic rings. The molecule has 1 aromatic carbocycles. The van der Waals surface area contributed by atoms with Gasteiger partial charge in [0.2, 0.25) is 5.78 Å². The third-order valence-corrected chi connectivity index (χ3v) is 3.41. The fourth-order valence-electron chi connectivity index (χ4n) is 2.10. The van der Waals surface area contributed by atoms with Crippen molar-refractivity contribution in [3.05, 3.63) is 53.6 Å². The Hall–Kier alpha value is -2.20. The van der Waals surface area contributed by atoms with Crippen molar-refractivity contribution in [3.8, 4) is 11.1 Å². The molecule has 3 rings (SSSR count). The minimum absolute atomic E-state index is 0.433. The van der Waals surface area contributed by atoms with Crippen LogP contribution >= 0.6 is 0 Å². The zero-order valence-electron chi connectivity index (χ0n) is 11.1. The Morgan fingerprint density at radius 1 is 1.11 bits per heavy atom. The molecule has 0 bridgehead atoms. The van der Waals surface area contributed by atoms with Gasteiger partial charge in [-0.2, -0.15) is 0 Å². The second-order valence-electron chi connectivity index (χ2n) is 4.79. The molecular weight excluding hydrogens is 236 g/mol. The molecule has 0 unspecified atom stereocenters. The van der Waals surface area contributed by atoms with E-state index in [0.717, 1.165) is 11.3 Å². The van der Waals surface area contributed by atoms with E-state index in [2.05, 4.69) is 42.0 Å². The van der Waals surface area contributed by atoms with Gasteiger partial charge >= 0.3 is 0 Å². The van der Waals surface area contributed by atoms with Gasteiger partial charge in [-0.25, -0.2) is 9.97 Å². The molecule has 0 aliphatic carbocycles. The van der Waals surface area contributed by atoms with Crippen LogP contribution < -0.4 is 5.73 Å². The first kappa shape index (κ1) is 11.9. The summed E-state index contributed by atoms with van der Waals surface area (Å²) in [4.78, 5) is 8.70. The van der Waals surface area contributed by atoms with Crippen LogP contribution in [0.2, 0.25) is 0 Å². The minimum Gasteiger partial charge on any atom is -0.325 e. The number of benzene rings is 1. The molecule has 0 atom stereocenters. The molecule has 3 aromatic rings. The molecule has 4 heteroatoms. The normalized spacial score (nSPS) is 11.1. The maximum absolute atomic E-state index is 5.60. The fourth-order valence-corrected chi connectivity index (χ4v) is 2.10. The van der Waals surface area contributed by atoms with E-state index in [-0.39, 0.29) is 0 Å². The summed E-state index contributed by atoms with van der Waals surface area (Å²) in [6, 6.07) is 6.43. The van der Waals surface area contributed by atoms with Crippen LogP contribution in [0.25, 0.3) is 16.9 Å². The Kier molecular flexibility index (Phi) is 2.80. The van der Waals surface area contributed by atoms with Gasteiger partial charge in [-0.15, -0.1) is 0 Å². The molecule has 19 heavy (non-hydrogen) atoms. The zero-order chi connectivity index (χ0) is 13.4. The minimum atomic E-state index is 0.433. The Morgan fingerprint density at radius 2 is 1.95 bits per heavy atom. The molecule has 0 saturated carbocycles. The number of rotatable bonds is 2. The van der Waals surface area contributed by atoms with Gasteiger partial charge < -0.3 is 5.73 Å². The number of nitrogens with zero attached hydrogens (tertiary/aromatic N) is 3. The van der Waals surface area contributed by atoms with Crippen molar-refractivity contribution in [2.45, 2.75) is 20.4 Å². The van der Waals surface area contributed by atoms with Crippen LogP contribution in [0.15, 0.2) is 36.8 Å². The highest BCUT2D eigenvalue weighted by Crippen LogP contribution is 2.21. The van der Waals surface area contributed by atoms with E-state index in [1.807, 2.05) is 23.0 Å². The van der Waals surface area contributed by atoms with Crippen LogP contribution in [-0.2, 0) is 6.54 Å². The van der Waals surface area contributed by atoms with Crippen LogP contribution in [0.4, 0.5) is 0 Å². The SMILES string of the molecule is Cc1ccc(-c2cnc3nc(CN)cn3c2)cc1C. The monoisotopic (exact) mass is 252 g/mol. The lowest BCUT2D eigenvalue weighted by Crippen LogP contribution is -1.95. The summed E-state index contributed by atoms with van der Waals surface area (Å²) >= 11 is 0. The Bertz CT molecular complexity index is 743. The third kappa shape index (κ3) is 2.11. The van der Waals surface area contributed by atoms with Crippen LogP contribution in [0, 0.1) is 13.8 Å². The molecular formula is C15H16N4. The lowest BCUT2D eigenvalue weighted by atomic mass is 10.0. The first-order valence-corrected chi connectivity index (χ1v) is 6.28. The first-order valence-electron chi connectivity index (χ1n) is 6.28. The summed E-state index contributed by atoms with van der Waals surface area (Å²) < 4.78 is 1.92. The maximum atomic E-state index is 5.60. The molecule has 0 saturated heterocycles. The number of fused-ring (bicyclic) bond motifs is 1. The zero-order valence-corrected chi connectivity index (χ0v) is 11.1. The van der Waals surface area contributed by atoms with Crippen molar-refractivity contribution in [3.63, 3.8) is 0 Å². The van der Waals surface area contributed by atoms with Gasteiger partial charge in [0.25, 0.3) is 0 Å². The number of imidazole rings is 1. The van der Waals surface area contributed by atoms with E-state index in [4.69, 9.17) is 5.73 Å². The Labute approximate surface area is 111 Å². The van der Waals surface area contributed by atoms with E-state index in [9.17, 15) is 0 Å². The highest BCUT2D eigenvalue weighted by molar-refractivity contribution is 5.64. The van der Waals surface area contributed by atoms with Gasteiger partial charge in [0.1, 0.15) is 0 Å². The van der Waals surface area contributed by atoms with Gasteiger partial charge in [-0.05, 0) is 30.5 Å². The number of hydrogen-bond acceptors (Lipinski definition) is 3. The summed E-state index contributed by atoms with van der Waals surface area (Å²) in [5.41, 5.74) is 11.3. The second kappa shape index (κ2) is 4.48. The summed E-state index contributed by atoms with van der Waals surface area (Å²) in [6.45, 7) is 4.67. The lowest BCUT2D eigenvalue weighted by molar-refractivity contribution is 1.01. The van der Waals surface area contributed by atoms with Crippen molar-refractivity contribution in [1.82, 2.24) is 14.4 Å². The van der Waals surface area contributed by atoms with Gasteiger partial charge in [-0.3, -0.25) is 4.40 Å². The van der Waals surface area contributed by atoms with Crippen molar-refractivity contribution in [1.29, 1.82) is 0 Å². The van der Waals surface area contributed by atoms with Gasteiger partial charge in [0, 0.05) is 30.7 Å². The molecule has 0 amide bonds. The van der Waals surface area contributed by atoms with E-state index in [0.29, 0.717) is 12.3 Å². The first-order chi connectivity index (χ1) is 9.17. The van der Waals surface area contributed by atoms with E-state index in [1.165, 1.54) is 16.7 Å². The molecule has 0 spiro atoms. The van der Waals surface area contributed by atoms with Crippen molar-refractivity contribution >= 4 is 5.78 Å². The topological polar surface area (TPSA) is 56.2 Å². The molecule has 2 N–H and O–H groups in total. The predicted molar refractivity (Wildman–Crippen MR) is 75.8 cm³/mol. The highest BCUT2D eigenvalue weighted by atomic mass is 15.1. The molecule has 2 aromatic heterocycles. The largest absolute Gasteiger partial charge is 0.325 e. The van der Waals surface area contributed by atoms with Crippen molar-refractivity contribution in [2.24, 2.45) is 5.73 Å². The second-order valence-corrected chi connectivity index (χ2v) is 4.79. The molecule has 2 heterocycles. The Balaban J connectivity index is 2.11. The maximum Gasteiger partial charge on any atom is 0.233 e. The van der Waals surface area contributed by atoms with E-state index >= 15 is 0 Å². The number of aromatic nitrogens is 3. The summed E-state index contributed by atoms with van der Waals surface area (Å²) in [7, 11) is 0. The van der Waals surface area contributed by atoms with Gasteiger partial charge in [0.15, 0.2) is 0 Å². The third-order valence-electron chi connectivity index (χ3n) is 3.41. The molecule has 0 fully saturated rings. The molecule has 4 nitrogen and oxygen atoms in total. The smallest absolute Gasteiger partial charge is 0.233 e. The van der Waals surface area contributed by atoms with Crippen LogP contribution in [0.3, 0.4) is 0 Å². The lowest BCUT2D eigenvalue weighted by Gasteiger charge is -2.05. The van der Waals surface area contributed by atoms with Crippen molar-refractivity contribution < 1.29 is 0 Å². The van der Waals surface area contributed by atoms with Gasteiger partial charge in [-0.1, -0.05) is 18.2 Å². The number of aryl methyl sites for hydroxylation is 2. The van der Waals surface area contributed by atoms with Crippen LogP contribution in [-0.4, -0.2) is 14.4 Å². The summed E-state index contributed by atoms with van der Waals surface area (Å²) in [5, 5.41) is 0. The quantitative estimate of drug-likeness (QED) is 0.762. The Morgan fingerprint density at radius 3 is 2.68 bits per heavy atom. The van der Waals surface area contributed by atoms with E-state index < -0.39 is 0 Å². The summed E-state index contributed by atoms with van der Waals surface area (Å²) in [6.07, 6.45) is 5.82. The average molecular weight is 252 g/mol. The predicted octanol–water partition coefficient (Wildman–Crippen LogP) is 2.47. The molecule has 96 valence electrons. The highest BCUT2D eigenvalue weighted by Gasteiger charge is 2.05. The number of nitrogens with two attached hydrogens (primary N) is 1. The fraction of sp³-hybridized carbons (Fsp3) is 0.200. The number of hydrogen-bond donors (Lipinski definition) is 1. The van der Waals surface area contributed by atoms with Crippen LogP contribution in [0.1, 0.15) is 16.8 Å². The van der Waals surface area contributed by atoms with E-state index in [1.54, 1.807) is 0 Å². The summed E-state index contributed by atoms with van der Waals surface area (Å²) in [5.74, 6) is 0.688. The van der Waals surface area contributed by atoms with Gasteiger partial charge in [0.05, 0.1) is 5.69 Å². The van der Waals surface area contributed by atoms with Crippen molar-refractivity contribution in [2.75, 3.05) is 0 Å². The molecule has 0 aliphatic heterocycles. The standard InChI is InChI=1S/C15H16N4/c1-10-3-4-12(5-11(10)2)13-7-17-15-18-14(6-16)9-19(15)8-13/h3-5,7-9H,6,16H2,1-2H3. The average Bonchev–Trinajstić information content (AvgIpc) is 2.83. The molecule has 0 radical (unpaired) electrons.